The van der Waals surface area contributed by atoms with Crippen LogP contribution in [0.4, 0.5) is 0 Å². The zero-order valence-corrected chi connectivity index (χ0v) is 18.9. The van der Waals surface area contributed by atoms with E-state index in [0.29, 0.717) is 36.6 Å². The first-order valence-electron chi connectivity index (χ1n) is 11.4. The highest BCUT2D eigenvalue weighted by molar-refractivity contribution is 6.21. The Morgan fingerprint density at radius 3 is 2.50 bits per heavy atom. The molecule has 1 unspecified atom stereocenters. The molecule has 0 bridgehead atoms. The molecule has 1 fully saturated rings. The summed E-state index contributed by atoms with van der Waals surface area (Å²) in [5.41, 5.74) is 2.38. The van der Waals surface area contributed by atoms with Gasteiger partial charge in [-0.25, -0.2) is 13.9 Å². The summed E-state index contributed by atoms with van der Waals surface area (Å²) in [7, 11) is 0. The van der Waals surface area contributed by atoms with Crippen LogP contribution in [0, 0.1) is 0 Å². The molecule has 1 aromatic heterocycles. The molecule has 2 aliphatic heterocycles. The lowest BCUT2D eigenvalue weighted by atomic mass is 10.1. The average molecular weight is 464 g/mol. The Hall–Kier alpha value is -3.72. The standard InChI is InChI=1S/C25H25N3O6/c1-2-26-21(14-28-24(31)17-8-3-4-9-18(17)25(28)32)27(13-16-7-6-12-33-16)19-10-5-11-20(23(19)26)34-15-22(29)30/h3-5,8-11,16H,2,6-7,12-15H2,1H3/p+1. The minimum Gasteiger partial charge on any atom is -0.479 e. The largest absolute Gasteiger partial charge is 0.479 e. The molecule has 0 radical (unpaired) electrons. The van der Waals surface area contributed by atoms with Crippen LogP contribution >= 0.6 is 0 Å². The van der Waals surface area contributed by atoms with E-state index in [9.17, 15) is 14.4 Å². The average Bonchev–Trinajstić information content (AvgIpc) is 3.52. The lowest BCUT2D eigenvalue weighted by molar-refractivity contribution is -0.677. The number of hydrogen-bond donors (Lipinski definition) is 1. The minimum absolute atomic E-state index is 0.0189. The maximum atomic E-state index is 13.1. The zero-order chi connectivity index (χ0) is 23.8. The van der Waals surface area contributed by atoms with Gasteiger partial charge < -0.3 is 14.6 Å². The molecule has 0 saturated carbocycles. The topological polar surface area (TPSA) is 102 Å². The van der Waals surface area contributed by atoms with E-state index >= 15 is 0 Å². The van der Waals surface area contributed by atoms with Gasteiger partial charge in [-0.1, -0.05) is 18.2 Å². The van der Waals surface area contributed by atoms with E-state index in [0.717, 1.165) is 29.7 Å². The number of aryl methyl sites for hydroxylation is 1. The number of nitrogens with zero attached hydrogens (tertiary/aromatic N) is 3. The number of imide groups is 1. The predicted molar refractivity (Wildman–Crippen MR) is 121 cm³/mol. The number of carboxylic acids is 1. The van der Waals surface area contributed by atoms with E-state index in [2.05, 4.69) is 4.57 Å². The number of benzene rings is 2. The number of fused-ring (bicyclic) bond motifs is 2. The molecule has 1 N–H and O–H groups in total. The van der Waals surface area contributed by atoms with Gasteiger partial charge >= 0.3 is 5.97 Å². The van der Waals surface area contributed by atoms with Crippen molar-refractivity contribution in [3.8, 4) is 5.75 Å². The summed E-state index contributed by atoms with van der Waals surface area (Å²) in [6, 6.07) is 12.3. The van der Waals surface area contributed by atoms with Gasteiger partial charge in [-0.2, -0.15) is 0 Å². The van der Waals surface area contributed by atoms with E-state index in [-0.39, 0.29) is 24.5 Å². The first-order chi connectivity index (χ1) is 16.5. The molecule has 5 rings (SSSR count). The Bertz CT molecular complexity index is 1260. The van der Waals surface area contributed by atoms with Gasteiger partial charge in [-0.15, -0.1) is 0 Å². The number of carboxylic acid groups (broad SMARTS) is 1. The Morgan fingerprint density at radius 2 is 1.88 bits per heavy atom. The SMILES string of the molecule is CC[n+]1c(CN2C(=O)c3ccccc3C2=O)n(CC2CCCO2)c2cccc(OCC(=O)O)c21. The number of carbonyl (C=O) groups excluding carboxylic acids is 2. The van der Waals surface area contributed by atoms with Gasteiger partial charge in [0, 0.05) is 6.61 Å². The van der Waals surface area contributed by atoms with Crippen LogP contribution in [0.15, 0.2) is 42.5 Å². The van der Waals surface area contributed by atoms with Crippen molar-refractivity contribution in [3.63, 3.8) is 0 Å². The van der Waals surface area contributed by atoms with Gasteiger partial charge in [0.05, 0.1) is 23.8 Å². The molecule has 34 heavy (non-hydrogen) atoms. The summed E-state index contributed by atoms with van der Waals surface area (Å²) in [6.45, 7) is 3.40. The molecule has 176 valence electrons. The molecule has 3 aromatic rings. The van der Waals surface area contributed by atoms with Crippen LogP contribution < -0.4 is 9.30 Å². The van der Waals surface area contributed by atoms with Crippen LogP contribution in [0.2, 0.25) is 0 Å². The lowest BCUT2D eigenvalue weighted by Crippen LogP contribution is -2.42. The second-order valence-corrected chi connectivity index (χ2v) is 8.45. The Labute approximate surface area is 196 Å². The van der Waals surface area contributed by atoms with Crippen LogP contribution in [0.1, 0.15) is 46.3 Å². The molecular formula is C25H26N3O6+. The normalized spacial score (nSPS) is 17.6. The van der Waals surface area contributed by atoms with Crippen molar-refractivity contribution in [1.82, 2.24) is 9.47 Å². The van der Waals surface area contributed by atoms with Crippen molar-refractivity contribution in [2.24, 2.45) is 0 Å². The molecule has 0 spiro atoms. The Balaban J connectivity index is 1.62. The van der Waals surface area contributed by atoms with Crippen molar-refractivity contribution in [2.45, 2.75) is 45.5 Å². The smallest absolute Gasteiger partial charge is 0.341 e. The second-order valence-electron chi connectivity index (χ2n) is 8.45. The van der Waals surface area contributed by atoms with Crippen molar-refractivity contribution in [3.05, 3.63) is 59.4 Å². The van der Waals surface area contributed by atoms with Crippen molar-refractivity contribution < 1.29 is 33.5 Å². The fraction of sp³-hybridized carbons (Fsp3) is 0.360. The van der Waals surface area contributed by atoms with Crippen LogP contribution in [0.3, 0.4) is 0 Å². The third-order valence-electron chi connectivity index (χ3n) is 6.42. The zero-order valence-electron chi connectivity index (χ0n) is 18.9. The number of para-hydroxylation sites is 1. The van der Waals surface area contributed by atoms with Gasteiger partial charge in [-0.05, 0) is 44.0 Å². The van der Waals surface area contributed by atoms with E-state index < -0.39 is 12.6 Å². The first-order valence-corrected chi connectivity index (χ1v) is 11.4. The van der Waals surface area contributed by atoms with Crippen LogP contribution in [0.5, 0.6) is 5.75 Å². The van der Waals surface area contributed by atoms with Gasteiger partial charge in [-0.3, -0.25) is 14.5 Å². The highest BCUT2D eigenvalue weighted by atomic mass is 16.5. The maximum Gasteiger partial charge on any atom is 0.341 e. The van der Waals surface area contributed by atoms with E-state index in [4.69, 9.17) is 14.6 Å². The van der Waals surface area contributed by atoms with Crippen molar-refractivity contribution >= 4 is 28.8 Å². The minimum atomic E-state index is -1.06. The molecular weight excluding hydrogens is 438 g/mol. The highest BCUT2D eigenvalue weighted by Gasteiger charge is 2.39. The molecule has 2 amide bonds. The van der Waals surface area contributed by atoms with Crippen molar-refractivity contribution in [1.29, 1.82) is 0 Å². The summed E-state index contributed by atoms with van der Waals surface area (Å²) in [5, 5.41) is 9.12. The molecule has 2 aromatic carbocycles. The summed E-state index contributed by atoms with van der Waals surface area (Å²) in [5.74, 6) is -0.505. The second kappa shape index (κ2) is 8.90. The Morgan fingerprint density at radius 1 is 1.15 bits per heavy atom. The summed E-state index contributed by atoms with van der Waals surface area (Å²) >= 11 is 0. The number of imidazole rings is 1. The third-order valence-corrected chi connectivity index (χ3v) is 6.42. The maximum absolute atomic E-state index is 13.1. The molecule has 9 heteroatoms. The summed E-state index contributed by atoms with van der Waals surface area (Å²) in [4.78, 5) is 38.6. The van der Waals surface area contributed by atoms with Gasteiger partial charge in [0.15, 0.2) is 17.9 Å². The first kappa shape index (κ1) is 22.1. The molecule has 0 aliphatic carbocycles. The summed E-state index contributed by atoms with van der Waals surface area (Å²) < 4.78 is 15.6. The predicted octanol–water partition coefficient (Wildman–Crippen LogP) is 2.39. The monoisotopic (exact) mass is 464 g/mol. The number of aromatic nitrogens is 2. The molecule has 2 aliphatic rings. The van der Waals surface area contributed by atoms with Crippen LogP contribution in [-0.2, 0) is 29.2 Å². The molecule has 1 atom stereocenters. The quantitative estimate of drug-likeness (QED) is 0.406. The number of hydrogen-bond acceptors (Lipinski definition) is 5. The molecule has 1 saturated heterocycles. The number of carbonyl (C=O) groups is 3. The highest BCUT2D eigenvalue weighted by Crippen LogP contribution is 2.29. The number of amides is 2. The van der Waals surface area contributed by atoms with Gasteiger partial charge in [0.2, 0.25) is 5.52 Å². The van der Waals surface area contributed by atoms with E-state index in [1.165, 1.54) is 4.90 Å². The Kier molecular flexibility index (Phi) is 5.79. The van der Waals surface area contributed by atoms with E-state index in [1.54, 1.807) is 30.3 Å². The van der Waals surface area contributed by atoms with Crippen molar-refractivity contribution in [2.75, 3.05) is 13.2 Å². The third kappa shape index (κ3) is 3.71. The fourth-order valence-corrected chi connectivity index (χ4v) is 4.90. The summed E-state index contributed by atoms with van der Waals surface area (Å²) in [6.07, 6.45) is 1.93. The van der Waals surface area contributed by atoms with Gasteiger partial charge in [0.25, 0.3) is 17.6 Å². The number of ether oxygens (including phenoxy) is 2. The van der Waals surface area contributed by atoms with Crippen LogP contribution in [0.25, 0.3) is 11.0 Å². The lowest BCUT2D eigenvalue weighted by Gasteiger charge is -2.14. The number of aliphatic carboxylic acids is 1. The van der Waals surface area contributed by atoms with E-state index in [1.807, 2.05) is 23.6 Å². The van der Waals surface area contributed by atoms with Crippen LogP contribution in [-0.4, -0.2) is 51.7 Å². The van der Waals surface area contributed by atoms with Gasteiger partial charge in [0.1, 0.15) is 13.1 Å². The molecule has 9 nitrogen and oxygen atoms in total. The molecule has 3 heterocycles. The number of rotatable bonds is 8. The fourth-order valence-electron chi connectivity index (χ4n) is 4.90.